The van der Waals surface area contributed by atoms with E-state index in [0.717, 1.165) is 16.9 Å². The van der Waals surface area contributed by atoms with E-state index in [1.54, 1.807) is 31.2 Å². The molecule has 0 atom stereocenters. The van der Waals surface area contributed by atoms with Crippen molar-refractivity contribution in [2.45, 2.75) is 17.7 Å². The fourth-order valence-corrected chi connectivity index (χ4v) is 4.22. The summed E-state index contributed by atoms with van der Waals surface area (Å²) in [7, 11) is -3.73. The highest BCUT2D eigenvalue weighted by atomic mass is 35.5. The largest absolute Gasteiger partial charge is 0.477 e. The monoisotopic (exact) mass is 345 g/mol. The van der Waals surface area contributed by atoms with Crippen LogP contribution >= 0.6 is 22.9 Å². The van der Waals surface area contributed by atoms with E-state index in [4.69, 9.17) is 16.7 Å². The van der Waals surface area contributed by atoms with Gasteiger partial charge >= 0.3 is 5.97 Å². The topological polar surface area (TPSA) is 83.5 Å². The molecule has 0 bridgehead atoms. The summed E-state index contributed by atoms with van der Waals surface area (Å²) in [5.41, 5.74) is 1.19. The lowest BCUT2D eigenvalue weighted by atomic mass is 10.2. The van der Waals surface area contributed by atoms with Gasteiger partial charge in [0.2, 0.25) is 10.0 Å². The summed E-state index contributed by atoms with van der Waals surface area (Å²) in [6.07, 6.45) is 0. The first-order chi connectivity index (χ1) is 9.79. The Balaban J connectivity index is 2.17. The molecule has 2 aromatic rings. The molecule has 2 N–H and O–H groups in total. The maximum atomic E-state index is 12.1. The van der Waals surface area contributed by atoms with Crippen molar-refractivity contribution in [1.82, 2.24) is 4.72 Å². The Morgan fingerprint density at radius 2 is 1.95 bits per heavy atom. The number of rotatable bonds is 5. The fourth-order valence-electron chi connectivity index (χ4n) is 1.65. The quantitative estimate of drug-likeness (QED) is 0.872. The van der Waals surface area contributed by atoms with Gasteiger partial charge in [-0.1, -0.05) is 23.7 Å². The smallest absolute Gasteiger partial charge is 0.346 e. The zero-order valence-electron chi connectivity index (χ0n) is 11.0. The van der Waals surface area contributed by atoms with E-state index < -0.39 is 16.0 Å². The molecule has 8 heteroatoms. The van der Waals surface area contributed by atoms with Gasteiger partial charge in [-0.25, -0.2) is 17.9 Å². The van der Waals surface area contributed by atoms with Crippen LogP contribution in [0.2, 0.25) is 5.02 Å². The SMILES string of the molecule is Cc1cc(S(=O)(=O)NCc2ccc(Cl)cc2)sc1C(=O)O. The summed E-state index contributed by atoms with van der Waals surface area (Å²) < 4.78 is 26.7. The van der Waals surface area contributed by atoms with E-state index in [1.165, 1.54) is 6.07 Å². The molecule has 1 aromatic carbocycles. The molecule has 2 rings (SSSR count). The van der Waals surface area contributed by atoms with Crippen LogP contribution in [0.1, 0.15) is 20.8 Å². The molecule has 5 nitrogen and oxygen atoms in total. The van der Waals surface area contributed by atoms with Crippen LogP contribution in [0.4, 0.5) is 0 Å². The lowest BCUT2D eigenvalue weighted by molar-refractivity contribution is 0.0701. The minimum absolute atomic E-state index is 0.00800. The second kappa shape index (κ2) is 6.15. The third-order valence-corrected chi connectivity index (χ3v) is 6.09. The van der Waals surface area contributed by atoms with E-state index in [1.807, 2.05) is 0 Å². The van der Waals surface area contributed by atoms with Gasteiger partial charge < -0.3 is 5.11 Å². The molecule has 0 spiro atoms. The molecule has 0 aliphatic heterocycles. The van der Waals surface area contributed by atoms with Crippen LogP contribution in [0.15, 0.2) is 34.5 Å². The highest BCUT2D eigenvalue weighted by molar-refractivity contribution is 7.91. The number of carboxylic acids is 1. The van der Waals surface area contributed by atoms with Crippen molar-refractivity contribution in [2.24, 2.45) is 0 Å². The number of hydrogen-bond donors (Lipinski definition) is 2. The molecule has 0 unspecified atom stereocenters. The van der Waals surface area contributed by atoms with Crippen molar-refractivity contribution in [3.63, 3.8) is 0 Å². The second-order valence-electron chi connectivity index (χ2n) is 4.33. The van der Waals surface area contributed by atoms with Crippen LogP contribution in [0, 0.1) is 6.92 Å². The van der Waals surface area contributed by atoms with E-state index in [9.17, 15) is 13.2 Å². The van der Waals surface area contributed by atoms with E-state index in [-0.39, 0.29) is 15.6 Å². The van der Waals surface area contributed by atoms with Crippen molar-refractivity contribution in [1.29, 1.82) is 0 Å². The van der Waals surface area contributed by atoms with Crippen molar-refractivity contribution >= 4 is 38.9 Å². The number of hydrogen-bond acceptors (Lipinski definition) is 4. The number of carbonyl (C=O) groups is 1. The van der Waals surface area contributed by atoms with Crippen molar-refractivity contribution in [3.8, 4) is 0 Å². The Hall–Kier alpha value is -1.41. The van der Waals surface area contributed by atoms with Crippen molar-refractivity contribution < 1.29 is 18.3 Å². The van der Waals surface area contributed by atoms with Gasteiger partial charge in [0.25, 0.3) is 0 Å². The molecule has 0 amide bonds. The van der Waals surface area contributed by atoms with Crippen LogP contribution in [0.25, 0.3) is 0 Å². The number of sulfonamides is 1. The van der Waals surface area contributed by atoms with Gasteiger partial charge in [0.15, 0.2) is 0 Å². The molecular formula is C13H12ClNO4S2. The third-order valence-electron chi connectivity index (χ3n) is 2.73. The van der Waals surface area contributed by atoms with Crippen molar-refractivity contribution in [3.05, 3.63) is 51.4 Å². The molecule has 112 valence electrons. The minimum atomic E-state index is -3.73. The lowest BCUT2D eigenvalue weighted by Gasteiger charge is -2.04. The number of benzene rings is 1. The molecule has 0 aliphatic rings. The molecule has 0 radical (unpaired) electrons. The Bertz CT molecular complexity index is 766. The Kier molecular flexibility index (Phi) is 4.67. The summed E-state index contributed by atoms with van der Waals surface area (Å²) in [6.45, 7) is 1.68. The first-order valence-corrected chi connectivity index (χ1v) is 8.55. The number of aryl methyl sites for hydroxylation is 1. The number of nitrogens with one attached hydrogen (secondary N) is 1. The van der Waals surface area contributed by atoms with E-state index in [0.29, 0.717) is 10.6 Å². The van der Waals surface area contributed by atoms with Crippen LogP contribution in [-0.2, 0) is 16.6 Å². The number of carboxylic acid groups (broad SMARTS) is 1. The highest BCUT2D eigenvalue weighted by Gasteiger charge is 2.21. The molecule has 1 heterocycles. The van der Waals surface area contributed by atoms with Crippen LogP contribution in [0.5, 0.6) is 0 Å². The van der Waals surface area contributed by atoms with Gasteiger partial charge in [-0.2, -0.15) is 0 Å². The lowest BCUT2D eigenvalue weighted by Crippen LogP contribution is -2.22. The summed E-state index contributed by atoms with van der Waals surface area (Å²) >= 11 is 6.50. The Morgan fingerprint density at radius 3 is 2.48 bits per heavy atom. The number of halogens is 1. The van der Waals surface area contributed by atoms with Gasteiger partial charge in [0, 0.05) is 11.6 Å². The Labute approximate surface area is 131 Å². The normalized spacial score (nSPS) is 11.5. The molecule has 0 saturated carbocycles. The summed E-state index contributed by atoms with van der Waals surface area (Å²) in [5.74, 6) is -1.13. The molecule has 0 fully saturated rings. The molecule has 0 saturated heterocycles. The van der Waals surface area contributed by atoms with Crippen LogP contribution < -0.4 is 4.72 Å². The van der Waals surface area contributed by atoms with Gasteiger partial charge in [0.05, 0.1) is 0 Å². The number of thiophene rings is 1. The standard InChI is InChI=1S/C13H12ClNO4S2/c1-8-6-11(20-12(8)13(16)17)21(18,19)15-7-9-2-4-10(14)5-3-9/h2-6,15H,7H2,1H3,(H,16,17). The molecule has 1 aromatic heterocycles. The molecular weight excluding hydrogens is 334 g/mol. The maximum Gasteiger partial charge on any atom is 0.346 e. The maximum absolute atomic E-state index is 12.1. The summed E-state index contributed by atoms with van der Waals surface area (Å²) in [4.78, 5) is 11.0. The van der Waals surface area contributed by atoms with Crippen molar-refractivity contribution in [2.75, 3.05) is 0 Å². The van der Waals surface area contributed by atoms with E-state index >= 15 is 0 Å². The first-order valence-electron chi connectivity index (χ1n) is 5.87. The third kappa shape index (κ3) is 3.82. The van der Waals surface area contributed by atoms with Gasteiger partial charge in [-0.3, -0.25) is 0 Å². The summed E-state index contributed by atoms with van der Waals surface area (Å²) in [6, 6.07) is 8.13. The zero-order valence-corrected chi connectivity index (χ0v) is 13.3. The number of aromatic carboxylic acids is 1. The average Bonchev–Trinajstić information content (AvgIpc) is 2.81. The molecule has 21 heavy (non-hydrogen) atoms. The first kappa shape index (κ1) is 16.0. The minimum Gasteiger partial charge on any atom is -0.477 e. The highest BCUT2D eigenvalue weighted by Crippen LogP contribution is 2.26. The van der Waals surface area contributed by atoms with Crippen LogP contribution in [0.3, 0.4) is 0 Å². The zero-order chi connectivity index (χ0) is 15.6. The summed E-state index contributed by atoms with van der Waals surface area (Å²) in [5, 5.41) is 9.53. The molecule has 0 aliphatic carbocycles. The second-order valence-corrected chi connectivity index (χ2v) is 7.82. The van der Waals surface area contributed by atoms with Gasteiger partial charge in [-0.05, 0) is 36.2 Å². The van der Waals surface area contributed by atoms with Gasteiger partial charge in [0.1, 0.15) is 9.09 Å². The fraction of sp³-hybridized carbons (Fsp3) is 0.154. The van der Waals surface area contributed by atoms with Gasteiger partial charge in [-0.15, -0.1) is 11.3 Å². The Morgan fingerprint density at radius 1 is 1.33 bits per heavy atom. The van der Waals surface area contributed by atoms with E-state index in [2.05, 4.69) is 4.72 Å². The van der Waals surface area contributed by atoms with Crippen LogP contribution in [-0.4, -0.2) is 19.5 Å². The average molecular weight is 346 g/mol. The predicted molar refractivity (Wildman–Crippen MR) is 81.5 cm³/mol. The predicted octanol–water partition coefficient (Wildman–Crippen LogP) is 2.89.